The van der Waals surface area contributed by atoms with Crippen LogP contribution in [0.4, 0.5) is 0 Å². The molecule has 0 radical (unpaired) electrons. The van der Waals surface area contributed by atoms with Crippen LogP contribution in [-0.2, 0) is 0 Å². The van der Waals surface area contributed by atoms with E-state index in [2.05, 4.69) is 54.2 Å². The number of allylic oxidation sites excluding steroid dienone is 3. The molecule has 0 nitrogen and oxygen atoms in total. The molecular weight excluding hydrogens is 168 g/mol. The van der Waals surface area contributed by atoms with Crippen molar-refractivity contribution >= 4 is 0 Å². The standard InChI is InChI=1S/C14H26/c1-8-14(13(7)11(4)5)9-12(6)10(2)3/h9,11,13-14H,2,8H2,1,3-7H3. The van der Waals surface area contributed by atoms with E-state index in [0.717, 1.165) is 11.8 Å². The average molecular weight is 194 g/mol. The van der Waals surface area contributed by atoms with Gasteiger partial charge in [-0.15, -0.1) is 0 Å². The maximum absolute atomic E-state index is 3.98. The van der Waals surface area contributed by atoms with Gasteiger partial charge in [-0.1, -0.05) is 51.5 Å². The summed E-state index contributed by atoms with van der Waals surface area (Å²) in [5, 5.41) is 0. The lowest BCUT2D eigenvalue weighted by Gasteiger charge is -2.24. The second kappa shape index (κ2) is 6.06. The molecule has 0 bridgehead atoms. The van der Waals surface area contributed by atoms with Gasteiger partial charge in [0, 0.05) is 0 Å². The molecule has 0 N–H and O–H groups in total. The first kappa shape index (κ1) is 13.5. The number of rotatable bonds is 5. The van der Waals surface area contributed by atoms with E-state index in [4.69, 9.17) is 0 Å². The predicted octanol–water partition coefficient (Wildman–Crippen LogP) is 4.83. The van der Waals surface area contributed by atoms with Crippen molar-refractivity contribution in [3.05, 3.63) is 23.8 Å². The molecule has 82 valence electrons. The number of hydrogen-bond donors (Lipinski definition) is 0. The molecule has 2 unspecified atom stereocenters. The molecule has 0 rings (SSSR count). The van der Waals surface area contributed by atoms with Crippen LogP contribution >= 0.6 is 0 Å². The summed E-state index contributed by atoms with van der Waals surface area (Å²) in [5.41, 5.74) is 2.55. The van der Waals surface area contributed by atoms with Crippen LogP contribution in [0.2, 0.25) is 0 Å². The molecule has 0 aromatic rings. The van der Waals surface area contributed by atoms with Crippen LogP contribution in [0.5, 0.6) is 0 Å². The van der Waals surface area contributed by atoms with Gasteiger partial charge in [-0.25, -0.2) is 0 Å². The molecule has 0 aliphatic rings. The number of hydrogen-bond acceptors (Lipinski definition) is 0. The molecule has 0 saturated heterocycles. The zero-order valence-corrected chi connectivity index (χ0v) is 10.7. The summed E-state index contributed by atoms with van der Waals surface area (Å²) in [5.74, 6) is 2.22. The van der Waals surface area contributed by atoms with Crippen LogP contribution in [0.1, 0.15) is 48.0 Å². The Morgan fingerprint density at radius 2 is 1.71 bits per heavy atom. The Hall–Kier alpha value is -0.520. The van der Waals surface area contributed by atoms with Crippen molar-refractivity contribution in [2.45, 2.75) is 48.0 Å². The molecule has 0 amide bonds. The van der Waals surface area contributed by atoms with E-state index in [1.807, 2.05) is 0 Å². The quantitative estimate of drug-likeness (QED) is 0.550. The van der Waals surface area contributed by atoms with E-state index in [-0.39, 0.29) is 0 Å². The van der Waals surface area contributed by atoms with Crippen molar-refractivity contribution < 1.29 is 0 Å². The molecule has 2 atom stereocenters. The van der Waals surface area contributed by atoms with E-state index in [1.54, 1.807) is 0 Å². The smallest absolute Gasteiger partial charge is 0.0202 e. The van der Waals surface area contributed by atoms with Gasteiger partial charge in [0.25, 0.3) is 0 Å². The lowest BCUT2D eigenvalue weighted by Crippen LogP contribution is -2.15. The monoisotopic (exact) mass is 194 g/mol. The average Bonchev–Trinajstić information content (AvgIpc) is 2.12. The third-order valence-electron chi connectivity index (χ3n) is 3.34. The van der Waals surface area contributed by atoms with Crippen LogP contribution in [0.15, 0.2) is 23.8 Å². The molecule has 0 heterocycles. The Kier molecular flexibility index (Phi) is 5.83. The highest BCUT2D eigenvalue weighted by Gasteiger charge is 2.16. The maximum Gasteiger partial charge on any atom is -0.0202 e. The fourth-order valence-corrected chi connectivity index (χ4v) is 1.60. The van der Waals surface area contributed by atoms with Crippen molar-refractivity contribution in [1.29, 1.82) is 0 Å². The lowest BCUT2D eigenvalue weighted by atomic mass is 9.82. The summed E-state index contributed by atoms with van der Waals surface area (Å²) < 4.78 is 0. The van der Waals surface area contributed by atoms with Gasteiger partial charge in [0.05, 0.1) is 0 Å². The van der Waals surface area contributed by atoms with Crippen molar-refractivity contribution in [3.8, 4) is 0 Å². The minimum atomic E-state index is 0.701. The SMILES string of the molecule is C=C(C)C(C)=CC(CC)C(C)C(C)C. The second-order valence-electron chi connectivity index (χ2n) is 4.81. The van der Waals surface area contributed by atoms with Crippen molar-refractivity contribution in [1.82, 2.24) is 0 Å². The third kappa shape index (κ3) is 4.13. The highest BCUT2D eigenvalue weighted by atomic mass is 14.2. The second-order valence-corrected chi connectivity index (χ2v) is 4.81. The molecule has 0 spiro atoms. The molecule has 0 heteroatoms. The Balaban J connectivity index is 4.58. The largest absolute Gasteiger partial charge is 0.0959 e. The molecular formula is C14H26. The molecule has 0 aromatic carbocycles. The van der Waals surface area contributed by atoms with Crippen molar-refractivity contribution in [2.24, 2.45) is 17.8 Å². The summed E-state index contributed by atoms with van der Waals surface area (Å²) in [6.45, 7) is 17.4. The maximum atomic E-state index is 3.98. The zero-order valence-electron chi connectivity index (χ0n) is 10.7. The van der Waals surface area contributed by atoms with Crippen LogP contribution in [0, 0.1) is 17.8 Å². The van der Waals surface area contributed by atoms with Gasteiger partial charge in [0.15, 0.2) is 0 Å². The molecule has 0 fully saturated rings. The van der Waals surface area contributed by atoms with Gasteiger partial charge in [0.2, 0.25) is 0 Å². The summed E-state index contributed by atoms with van der Waals surface area (Å²) >= 11 is 0. The van der Waals surface area contributed by atoms with Crippen LogP contribution in [-0.4, -0.2) is 0 Å². The molecule has 0 aliphatic heterocycles. The zero-order chi connectivity index (χ0) is 11.3. The van der Waals surface area contributed by atoms with Gasteiger partial charge < -0.3 is 0 Å². The van der Waals surface area contributed by atoms with Crippen molar-refractivity contribution in [3.63, 3.8) is 0 Å². The highest BCUT2D eigenvalue weighted by Crippen LogP contribution is 2.26. The molecule has 0 aliphatic carbocycles. The van der Waals surface area contributed by atoms with E-state index in [0.29, 0.717) is 5.92 Å². The Labute approximate surface area is 90.1 Å². The van der Waals surface area contributed by atoms with Gasteiger partial charge in [-0.3, -0.25) is 0 Å². The molecule has 0 aromatic heterocycles. The first-order valence-corrected chi connectivity index (χ1v) is 5.74. The van der Waals surface area contributed by atoms with Gasteiger partial charge in [0.1, 0.15) is 0 Å². The first-order valence-electron chi connectivity index (χ1n) is 5.74. The van der Waals surface area contributed by atoms with Gasteiger partial charge >= 0.3 is 0 Å². The minimum Gasteiger partial charge on any atom is -0.0959 e. The van der Waals surface area contributed by atoms with E-state index < -0.39 is 0 Å². The third-order valence-corrected chi connectivity index (χ3v) is 3.34. The fraction of sp³-hybridized carbons (Fsp3) is 0.714. The summed E-state index contributed by atoms with van der Waals surface area (Å²) in [4.78, 5) is 0. The first-order chi connectivity index (χ1) is 6.40. The van der Waals surface area contributed by atoms with E-state index in [1.165, 1.54) is 17.6 Å². The minimum absolute atomic E-state index is 0.701. The summed E-state index contributed by atoms with van der Waals surface area (Å²) in [7, 11) is 0. The van der Waals surface area contributed by atoms with Crippen molar-refractivity contribution in [2.75, 3.05) is 0 Å². The predicted molar refractivity (Wildman–Crippen MR) is 66.4 cm³/mol. The Morgan fingerprint density at radius 3 is 2.00 bits per heavy atom. The molecule has 14 heavy (non-hydrogen) atoms. The fourth-order valence-electron chi connectivity index (χ4n) is 1.60. The summed E-state index contributed by atoms with van der Waals surface area (Å²) in [6, 6.07) is 0. The Bertz CT molecular complexity index is 208. The van der Waals surface area contributed by atoms with E-state index >= 15 is 0 Å². The van der Waals surface area contributed by atoms with Crippen LogP contribution in [0.3, 0.4) is 0 Å². The Morgan fingerprint density at radius 1 is 1.21 bits per heavy atom. The summed E-state index contributed by atoms with van der Waals surface area (Å²) in [6.07, 6.45) is 3.62. The normalized spacial score (nSPS) is 16.9. The van der Waals surface area contributed by atoms with Gasteiger partial charge in [-0.2, -0.15) is 0 Å². The van der Waals surface area contributed by atoms with Crippen LogP contribution in [0.25, 0.3) is 0 Å². The topological polar surface area (TPSA) is 0 Å². The highest BCUT2D eigenvalue weighted by molar-refractivity contribution is 5.24. The molecule has 0 saturated carbocycles. The van der Waals surface area contributed by atoms with Crippen LogP contribution < -0.4 is 0 Å². The lowest BCUT2D eigenvalue weighted by molar-refractivity contribution is 0.316. The van der Waals surface area contributed by atoms with E-state index in [9.17, 15) is 0 Å². The van der Waals surface area contributed by atoms with Gasteiger partial charge in [-0.05, 0) is 38.0 Å².